The van der Waals surface area contributed by atoms with Crippen LogP contribution in [0, 0.1) is 11.8 Å². The number of carbonyl (C=O) groups excluding carboxylic acids is 2. The minimum atomic E-state index is -0.705. The highest BCUT2D eigenvalue weighted by Crippen LogP contribution is 2.29. The van der Waals surface area contributed by atoms with Crippen molar-refractivity contribution in [2.45, 2.75) is 91.2 Å². The molecule has 0 unspecified atom stereocenters. The summed E-state index contributed by atoms with van der Waals surface area (Å²) in [5, 5.41) is 1.55. The summed E-state index contributed by atoms with van der Waals surface area (Å²) in [5.41, 5.74) is 3.70. The van der Waals surface area contributed by atoms with Crippen LogP contribution in [-0.4, -0.2) is 35.1 Å². The third-order valence-electron chi connectivity index (χ3n) is 5.64. The van der Waals surface area contributed by atoms with Crippen LogP contribution >= 0.6 is 0 Å². The third kappa shape index (κ3) is 9.56. The lowest BCUT2D eigenvalue weighted by atomic mass is 10.0. The molecule has 1 atom stereocenters. The van der Waals surface area contributed by atoms with Gasteiger partial charge >= 0.3 is 5.97 Å². The summed E-state index contributed by atoms with van der Waals surface area (Å²) in [6.45, 7) is 10.4. The summed E-state index contributed by atoms with van der Waals surface area (Å²) in [4.78, 5) is 26.5. The van der Waals surface area contributed by atoms with Crippen molar-refractivity contribution in [1.82, 2.24) is 10.4 Å². The van der Waals surface area contributed by atoms with Crippen LogP contribution in [0.2, 0.25) is 0 Å². The van der Waals surface area contributed by atoms with E-state index in [-0.39, 0.29) is 11.9 Å². The van der Waals surface area contributed by atoms with Crippen LogP contribution in [0.1, 0.15) is 85.1 Å². The van der Waals surface area contributed by atoms with E-state index >= 15 is 0 Å². The highest BCUT2D eigenvalue weighted by molar-refractivity contribution is 5.84. The van der Waals surface area contributed by atoms with Gasteiger partial charge in [-0.2, -0.15) is 0 Å². The van der Waals surface area contributed by atoms with Crippen molar-refractivity contribution >= 4 is 18.0 Å². The first kappa shape index (κ1) is 26.1. The van der Waals surface area contributed by atoms with Crippen molar-refractivity contribution in [1.29, 1.82) is 0 Å². The lowest BCUT2D eigenvalue weighted by molar-refractivity contribution is -0.167. The Morgan fingerprint density at radius 2 is 1.81 bits per heavy atom. The van der Waals surface area contributed by atoms with Crippen LogP contribution in [0.5, 0.6) is 0 Å². The van der Waals surface area contributed by atoms with Gasteiger partial charge in [0.2, 0.25) is 5.91 Å². The Bertz CT molecular complexity index is 731. The zero-order valence-electron chi connectivity index (χ0n) is 20.6. The molecule has 178 valence electrons. The molecule has 1 aliphatic carbocycles. The molecule has 5 nitrogen and oxygen atoms in total. The molecule has 1 aromatic carbocycles. The van der Waals surface area contributed by atoms with E-state index in [9.17, 15) is 9.59 Å². The fourth-order valence-electron chi connectivity index (χ4n) is 3.97. The summed E-state index contributed by atoms with van der Waals surface area (Å²) < 4.78 is 5.71. The van der Waals surface area contributed by atoms with Gasteiger partial charge in [0.1, 0.15) is 11.6 Å². The molecule has 0 saturated heterocycles. The molecule has 5 heteroatoms. The minimum absolute atomic E-state index is 0.0264. The largest absolute Gasteiger partial charge is 0.458 e. The van der Waals surface area contributed by atoms with Gasteiger partial charge in [-0.15, -0.1) is 0 Å². The number of hydrogen-bond acceptors (Lipinski definition) is 4. The second-order valence-electron chi connectivity index (χ2n) is 10.3. The average molecular weight is 443 g/mol. The number of nitrogens with one attached hydrogen (secondary N) is 1. The molecule has 0 heterocycles. The van der Waals surface area contributed by atoms with Crippen molar-refractivity contribution in [2.75, 3.05) is 6.54 Å². The van der Waals surface area contributed by atoms with Crippen molar-refractivity contribution in [2.24, 2.45) is 11.8 Å². The average Bonchev–Trinajstić information content (AvgIpc) is 3.24. The Kier molecular flexibility index (Phi) is 10.4. The van der Waals surface area contributed by atoms with Gasteiger partial charge in [-0.1, -0.05) is 82.0 Å². The third-order valence-corrected chi connectivity index (χ3v) is 5.64. The number of nitrogens with zero attached hydrogens (tertiary/aromatic N) is 1. The van der Waals surface area contributed by atoms with E-state index in [1.165, 1.54) is 25.7 Å². The van der Waals surface area contributed by atoms with Crippen LogP contribution in [0.25, 0.3) is 6.08 Å². The van der Waals surface area contributed by atoms with Gasteiger partial charge in [0, 0.05) is 13.0 Å². The van der Waals surface area contributed by atoms with Gasteiger partial charge in [-0.05, 0) is 51.0 Å². The maximum atomic E-state index is 13.3. The summed E-state index contributed by atoms with van der Waals surface area (Å²) in [7, 11) is 0. The van der Waals surface area contributed by atoms with Crippen LogP contribution in [0.3, 0.4) is 0 Å². The van der Waals surface area contributed by atoms with Gasteiger partial charge in [0.15, 0.2) is 0 Å². The maximum Gasteiger partial charge on any atom is 0.331 e. The second kappa shape index (κ2) is 12.8. The van der Waals surface area contributed by atoms with Gasteiger partial charge in [0.05, 0.1) is 0 Å². The fraction of sp³-hybridized carbons (Fsp3) is 0.630. The molecule has 0 aromatic heterocycles. The number of carbonyl (C=O) groups is 2. The van der Waals surface area contributed by atoms with E-state index in [0.29, 0.717) is 31.2 Å². The monoisotopic (exact) mass is 442 g/mol. The molecule has 1 fully saturated rings. The molecule has 1 aliphatic rings. The van der Waals surface area contributed by atoms with E-state index in [1.54, 1.807) is 5.01 Å². The quantitative estimate of drug-likeness (QED) is 0.350. The van der Waals surface area contributed by atoms with Crippen LogP contribution in [0.15, 0.2) is 36.4 Å². The molecular weight excluding hydrogens is 400 g/mol. The van der Waals surface area contributed by atoms with E-state index in [1.807, 2.05) is 63.3 Å². The molecule has 0 radical (unpaired) electrons. The topological polar surface area (TPSA) is 58.6 Å². The lowest BCUT2D eigenvalue weighted by Crippen LogP contribution is -2.54. The Hall–Kier alpha value is -2.14. The molecular formula is C27H42N2O3. The van der Waals surface area contributed by atoms with Crippen molar-refractivity contribution < 1.29 is 14.3 Å². The van der Waals surface area contributed by atoms with E-state index < -0.39 is 11.6 Å². The predicted molar refractivity (Wildman–Crippen MR) is 131 cm³/mol. The first-order chi connectivity index (χ1) is 15.2. The van der Waals surface area contributed by atoms with Crippen molar-refractivity contribution in [3.8, 4) is 0 Å². The van der Waals surface area contributed by atoms with Gasteiger partial charge in [-0.25, -0.2) is 10.2 Å². The van der Waals surface area contributed by atoms with Gasteiger partial charge in [-0.3, -0.25) is 9.80 Å². The standard InChI is InChI=1S/C27H42N2O3/c1-21(2)20-28-29(25(30)19-18-23-14-9-10-15-23)24(26(31)32-27(3,4)5)17-11-16-22-12-7-6-8-13-22/h6-8,11-13,16,21,23-24,28H,9-10,14-15,17-20H2,1-5H3/t24-/m0/s1. The molecule has 0 aliphatic heterocycles. The molecule has 0 spiro atoms. The first-order valence-corrected chi connectivity index (χ1v) is 12.2. The Balaban J connectivity index is 2.18. The SMILES string of the molecule is CC(C)CNN(C(=O)CCC1CCCC1)[C@@H](CC=Cc1ccccc1)C(=O)OC(C)(C)C. The summed E-state index contributed by atoms with van der Waals surface area (Å²) in [5.74, 6) is 0.574. The Morgan fingerprint density at radius 1 is 1.16 bits per heavy atom. The molecule has 1 saturated carbocycles. The minimum Gasteiger partial charge on any atom is -0.458 e. The Morgan fingerprint density at radius 3 is 2.41 bits per heavy atom. The molecule has 32 heavy (non-hydrogen) atoms. The highest BCUT2D eigenvalue weighted by Gasteiger charge is 2.33. The summed E-state index contributed by atoms with van der Waals surface area (Å²) in [6, 6.07) is 9.26. The smallest absolute Gasteiger partial charge is 0.331 e. The number of rotatable bonds is 11. The normalized spacial score (nSPS) is 15.9. The Labute approximate surface area is 194 Å². The number of hydrogen-bond donors (Lipinski definition) is 1. The number of benzene rings is 1. The van der Waals surface area contributed by atoms with Gasteiger partial charge < -0.3 is 4.74 Å². The van der Waals surface area contributed by atoms with Crippen LogP contribution in [0.4, 0.5) is 0 Å². The molecule has 1 N–H and O–H groups in total. The van der Waals surface area contributed by atoms with E-state index in [2.05, 4.69) is 19.3 Å². The number of amides is 1. The fourth-order valence-corrected chi connectivity index (χ4v) is 3.97. The predicted octanol–water partition coefficient (Wildman–Crippen LogP) is 5.76. The van der Waals surface area contributed by atoms with Crippen molar-refractivity contribution in [3.05, 3.63) is 42.0 Å². The second-order valence-corrected chi connectivity index (χ2v) is 10.3. The number of ether oxygens (including phenoxy) is 1. The van der Waals surface area contributed by atoms with Crippen LogP contribution < -0.4 is 5.43 Å². The molecule has 1 aromatic rings. The first-order valence-electron chi connectivity index (χ1n) is 12.2. The molecule has 2 rings (SSSR count). The molecule has 0 bridgehead atoms. The van der Waals surface area contributed by atoms with Crippen molar-refractivity contribution in [3.63, 3.8) is 0 Å². The van der Waals surface area contributed by atoms with E-state index in [0.717, 1.165) is 12.0 Å². The zero-order chi connectivity index (χ0) is 23.6. The number of hydrazine groups is 1. The zero-order valence-corrected chi connectivity index (χ0v) is 20.6. The van der Waals surface area contributed by atoms with E-state index in [4.69, 9.17) is 4.74 Å². The summed E-state index contributed by atoms with van der Waals surface area (Å²) in [6.07, 6.45) is 10.6. The number of esters is 1. The molecule has 1 amide bonds. The van der Waals surface area contributed by atoms with Gasteiger partial charge in [0.25, 0.3) is 0 Å². The highest BCUT2D eigenvalue weighted by atomic mass is 16.6. The lowest BCUT2D eigenvalue weighted by Gasteiger charge is -2.33. The summed E-state index contributed by atoms with van der Waals surface area (Å²) >= 11 is 0. The van der Waals surface area contributed by atoms with Crippen LogP contribution in [-0.2, 0) is 14.3 Å². The maximum absolute atomic E-state index is 13.3.